The maximum Gasteiger partial charge on any atom is 0.228 e. The van der Waals surface area contributed by atoms with E-state index in [-0.39, 0.29) is 23.7 Å². The highest BCUT2D eigenvalue weighted by Gasteiger charge is 2.10. The van der Waals surface area contributed by atoms with Crippen molar-refractivity contribution in [1.82, 2.24) is 0 Å². The number of anilines is 2. The number of nitrogens with two attached hydrogens (primary N) is 1. The largest absolute Gasteiger partial charge is 0.497 e. The molecule has 0 heterocycles. The predicted octanol–water partition coefficient (Wildman–Crippen LogP) is 2.60. The van der Waals surface area contributed by atoms with Gasteiger partial charge in [0.05, 0.1) is 19.2 Å². The van der Waals surface area contributed by atoms with Gasteiger partial charge in [-0.25, -0.2) is 4.39 Å². The van der Waals surface area contributed by atoms with Gasteiger partial charge in [0.25, 0.3) is 0 Å². The number of hydrogen-bond donors (Lipinski definition) is 2. The van der Waals surface area contributed by atoms with Gasteiger partial charge in [0.2, 0.25) is 5.91 Å². The van der Waals surface area contributed by atoms with Gasteiger partial charge in [-0.15, -0.1) is 0 Å². The SMILES string of the molecule is COc1ccc(CC(=O)Nc2c(N)cccc2F)cc1. The molecular weight excluding hydrogens is 259 g/mol. The second-order valence-electron chi connectivity index (χ2n) is 4.28. The molecular formula is C15H15FN2O2. The summed E-state index contributed by atoms with van der Waals surface area (Å²) < 4.78 is 18.6. The van der Waals surface area contributed by atoms with E-state index < -0.39 is 5.82 Å². The van der Waals surface area contributed by atoms with Gasteiger partial charge in [-0.2, -0.15) is 0 Å². The van der Waals surface area contributed by atoms with Crippen molar-refractivity contribution in [3.05, 3.63) is 53.8 Å². The van der Waals surface area contributed by atoms with Crippen LogP contribution in [0.1, 0.15) is 5.56 Å². The summed E-state index contributed by atoms with van der Waals surface area (Å²) in [5.74, 6) is -0.160. The summed E-state index contributed by atoms with van der Waals surface area (Å²) in [6.45, 7) is 0. The molecule has 0 aliphatic heterocycles. The Kier molecular flexibility index (Phi) is 4.20. The number of ether oxygens (including phenoxy) is 1. The first-order chi connectivity index (χ1) is 9.60. The van der Waals surface area contributed by atoms with Crippen molar-refractivity contribution in [1.29, 1.82) is 0 Å². The van der Waals surface area contributed by atoms with Crippen molar-refractivity contribution < 1.29 is 13.9 Å². The fraction of sp³-hybridized carbons (Fsp3) is 0.133. The number of nitrogens with one attached hydrogen (secondary N) is 1. The number of amides is 1. The van der Waals surface area contributed by atoms with Crippen molar-refractivity contribution >= 4 is 17.3 Å². The third-order valence-electron chi connectivity index (χ3n) is 2.83. The zero-order chi connectivity index (χ0) is 14.5. The number of hydrogen-bond acceptors (Lipinski definition) is 3. The Morgan fingerprint density at radius 2 is 1.95 bits per heavy atom. The smallest absolute Gasteiger partial charge is 0.228 e. The second-order valence-corrected chi connectivity index (χ2v) is 4.28. The van der Waals surface area contributed by atoms with Gasteiger partial charge in [0.15, 0.2) is 0 Å². The third-order valence-corrected chi connectivity index (χ3v) is 2.83. The minimum absolute atomic E-state index is 0.0195. The normalized spacial score (nSPS) is 10.1. The van der Waals surface area contributed by atoms with Gasteiger partial charge < -0.3 is 15.8 Å². The number of carbonyl (C=O) groups excluding carboxylic acids is 1. The molecule has 2 aromatic carbocycles. The van der Waals surface area contributed by atoms with Crippen molar-refractivity contribution in [2.45, 2.75) is 6.42 Å². The summed E-state index contributed by atoms with van der Waals surface area (Å²) in [7, 11) is 1.57. The van der Waals surface area contributed by atoms with E-state index in [2.05, 4.69) is 5.32 Å². The van der Waals surface area contributed by atoms with Crippen LogP contribution in [0.5, 0.6) is 5.75 Å². The van der Waals surface area contributed by atoms with Crippen LogP contribution < -0.4 is 15.8 Å². The highest BCUT2D eigenvalue weighted by molar-refractivity contribution is 5.95. The minimum atomic E-state index is -0.548. The molecule has 20 heavy (non-hydrogen) atoms. The van der Waals surface area contributed by atoms with E-state index in [9.17, 15) is 9.18 Å². The highest BCUT2D eigenvalue weighted by Crippen LogP contribution is 2.22. The van der Waals surface area contributed by atoms with Crippen LogP contribution in [0.3, 0.4) is 0 Å². The lowest BCUT2D eigenvalue weighted by Crippen LogP contribution is -2.16. The highest BCUT2D eigenvalue weighted by atomic mass is 19.1. The molecule has 0 atom stereocenters. The number of carbonyl (C=O) groups is 1. The lowest BCUT2D eigenvalue weighted by molar-refractivity contribution is -0.115. The van der Waals surface area contributed by atoms with Crippen LogP contribution in [0.25, 0.3) is 0 Å². The predicted molar refractivity (Wildman–Crippen MR) is 76.1 cm³/mol. The van der Waals surface area contributed by atoms with Crippen molar-refractivity contribution in [3.8, 4) is 5.75 Å². The average molecular weight is 274 g/mol. The van der Waals surface area contributed by atoms with E-state index >= 15 is 0 Å². The molecule has 0 radical (unpaired) electrons. The molecule has 0 aliphatic rings. The number of halogens is 1. The molecule has 0 aromatic heterocycles. The molecule has 0 spiro atoms. The Bertz CT molecular complexity index is 592. The Morgan fingerprint density at radius 3 is 2.55 bits per heavy atom. The number of nitrogen functional groups attached to an aromatic ring is 1. The van der Waals surface area contributed by atoms with Crippen LogP contribution in [-0.4, -0.2) is 13.0 Å². The number of para-hydroxylation sites is 1. The van der Waals surface area contributed by atoms with Gasteiger partial charge >= 0.3 is 0 Å². The number of benzene rings is 2. The van der Waals surface area contributed by atoms with Crippen LogP contribution in [0.2, 0.25) is 0 Å². The van der Waals surface area contributed by atoms with Crippen molar-refractivity contribution in [2.75, 3.05) is 18.2 Å². The molecule has 2 aromatic rings. The van der Waals surface area contributed by atoms with Crippen LogP contribution in [0.4, 0.5) is 15.8 Å². The quantitative estimate of drug-likeness (QED) is 0.842. The van der Waals surface area contributed by atoms with Crippen LogP contribution in [-0.2, 0) is 11.2 Å². The van der Waals surface area contributed by atoms with E-state index in [0.717, 1.165) is 5.56 Å². The first-order valence-electron chi connectivity index (χ1n) is 6.07. The minimum Gasteiger partial charge on any atom is -0.497 e. The molecule has 0 unspecified atom stereocenters. The molecule has 2 rings (SSSR count). The maximum absolute atomic E-state index is 13.5. The van der Waals surface area contributed by atoms with E-state index in [1.165, 1.54) is 18.2 Å². The Labute approximate surface area is 116 Å². The molecule has 0 saturated heterocycles. The summed E-state index contributed by atoms with van der Waals surface area (Å²) in [4.78, 5) is 11.9. The fourth-order valence-electron chi connectivity index (χ4n) is 1.79. The van der Waals surface area contributed by atoms with Crippen LogP contribution in [0.15, 0.2) is 42.5 Å². The molecule has 5 heteroatoms. The summed E-state index contributed by atoms with van der Waals surface area (Å²) >= 11 is 0. The average Bonchev–Trinajstić information content (AvgIpc) is 2.44. The Morgan fingerprint density at radius 1 is 1.25 bits per heavy atom. The first-order valence-corrected chi connectivity index (χ1v) is 6.07. The van der Waals surface area contributed by atoms with Gasteiger partial charge in [0.1, 0.15) is 17.3 Å². The van der Waals surface area contributed by atoms with E-state index in [0.29, 0.717) is 5.75 Å². The molecule has 0 aliphatic carbocycles. The second kappa shape index (κ2) is 6.06. The zero-order valence-corrected chi connectivity index (χ0v) is 11.0. The van der Waals surface area contributed by atoms with Crippen LogP contribution in [0, 0.1) is 5.82 Å². The summed E-state index contributed by atoms with van der Waals surface area (Å²) in [5.41, 5.74) is 6.65. The zero-order valence-electron chi connectivity index (χ0n) is 11.0. The molecule has 0 fully saturated rings. The van der Waals surface area contributed by atoms with Gasteiger partial charge in [-0.1, -0.05) is 18.2 Å². The van der Waals surface area contributed by atoms with Crippen molar-refractivity contribution in [2.24, 2.45) is 0 Å². The van der Waals surface area contributed by atoms with E-state index in [1.54, 1.807) is 31.4 Å². The summed E-state index contributed by atoms with van der Waals surface area (Å²) in [6, 6.07) is 11.4. The number of rotatable bonds is 4. The summed E-state index contributed by atoms with van der Waals surface area (Å²) in [6.07, 6.45) is 0.137. The molecule has 0 bridgehead atoms. The Balaban J connectivity index is 2.05. The molecule has 3 N–H and O–H groups in total. The van der Waals surface area contributed by atoms with E-state index in [4.69, 9.17) is 10.5 Å². The van der Waals surface area contributed by atoms with Gasteiger partial charge in [-0.3, -0.25) is 4.79 Å². The van der Waals surface area contributed by atoms with E-state index in [1.807, 2.05) is 0 Å². The lowest BCUT2D eigenvalue weighted by atomic mass is 10.1. The maximum atomic E-state index is 13.5. The Hall–Kier alpha value is -2.56. The molecule has 4 nitrogen and oxygen atoms in total. The van der Waals surface area contributed by atoms with Crippen LogP contribution >= 0.6 is 0 Å². The standard InChI is InChI=1S/C15H15FN2O2/c1-20-11-7-5-10(6-8-11)9-14(19)18-15-12(16)3-2-4-13(15)17/h2-8H,9,17H2,1H3,(H,18,19). The van der Waals surface area contributed by atoms with Gasteiger partial charge in [0, 0.05) is 0 Å². The van der Waals surface area contributed by atoms with Crippen molar-refractivity contribution in [3.63, 3.8) is 0 Å². The fourth-order valence-corrected chi connectivity index (χ4v) is 1.79. The first kappa shape index (κ1) is 13.9. The topological polar surface area (TPSA) is 64.3 Å². The molecule has 0 saturated carbocycles. The number of methoxy groups -OCH3 is 1. The lowest BCUT2D eigenvalue weighted by Gasteiger charge is -2.09. The molecule has 1 amide bonds. The molecule has 104 valence electrons. The van der Waals surface area contributed by atoms with Gasteiger partial charge in [-0.05, 0) is 29.8 Å². The third kappa shape index (κ3) is 3.26. The summed E-state index contributed by atoms with van der Waals surface area (Å²) in [5, 5.41) is 2.49. The monoisotopic (exact) mass is 274 g/mol.